The molecule has 0 aromatic heterocycles. The van der Waals surface area contributed by atoms with Gasteiger partial charge in [0.1, 0.15) is 0 Å². The number of hydrogen-bond acceptors (Lipinski definition) is 4. The molecule has 0 amide bonds. The number of nitrogens with zero attached hydrogens (tertiary/aromatic N) is 2. The number of esters is 1. The van der Waals surface area contributed by atoms with Crippen molar-refractivity contribution in [3.05, 3.63) is 22.7 Å². The second kappa shape index (κ2) is 5.93. The number of diazo groups is 1. The summed E-state index contributed by atoms with van der Waals surface area (Å²) >= 11 is 0. The summed E-state index contributed by atoms with van der Waals surface area (Å²) in [7, 11) is 1.41. The van der Waals surface area contributed by atoms with Gasteiger partial charge in [-0.15, -0.1) is 0 Å². The molecule has 5 nitrogen and oxygen atoms in total. The molecule has 0 aliphatic heterocycles. The Labute approximate surface area is 99.4 Å². The Morgan fingerprint density at radius 1 is 1.44 bits per heavy atom. The number of hydrogen-bond donors (Lipinski definition) is 0. The van der Waals surface area contributed by atoms with Crippen molar-refractivity contribution in [1.29, 1.82) is 5.39 Å². The molecule has 0 N–H and O–H groups in total. The molecule has 0 atom stereocenters. The van der Waals surface area contributed by atoms with E-state index >= 15 is 0 Å². The third-order valence-electron chi connectivity index (χ3n) is 1.85. The van der Waals surface area contributed by atoms with Crippen molar-refractivity contribution in [1.82, 2.24) is 0 Å². The fourth-order valence-corrected chi connectivity index (χ4v) is 1.21. The van der Waals surface area contributed by atoms with Gasteiger partial charge in [-0.05, 0) is 19.1 Å². The zero-order valence-corrected chi connectivity index (χ0v) is 9.91. The van der Waals surface area contributed by atoms with E-state index < -0.39 is 5.97 Å². The summed E-state index contributed by atoms with van der Waals surface area (Å²) in [6, 6.07) is 3.26. The van der Waals surface area contributed by atoms with E-state index in [1.54, 1.807) is 19.1 Å². The number of carbonyl (C=O) groups is 1. The summed E-state index contributed by atoms with van der Waals surface area (Å²) in [5.41, 5.74) is 0.988. The van der Waals surface area contributed by atoms with Crippen molar-refractivity contribution in [3.8, 4) is 11.5 Å². The number of rotatable bonds is 2. The predicted octanol–water partition coefficient (Wildman–Crippen LogP) is -0.583. The fraction of sp³-hybridized carbons (Fsp3) is 0.300. The van der Waals surface area contributed by atoms with Crippen molar-refractivity contribution in [2.75, 3.05) is 7.11 Å². The average molecular weight is 243 g/mol. The lowest BCUT2D eigenvalue weighted by molar-refractivity contribution is -0.132. The molecule has 16 heavy (non-hydrogen) atoms. The van der Waals surface area contributed by atoms with Gasteiger partial charge in [0.25, 0.3) is 5.75 Å². The highest BCUT2D eigenvalue weighted by atomic mass is 35.5. The number of ether oxygens (including phenoxy) is 2. The number of halogens is 1. The Morgan fingerprint density at radius 2 is 2.06 bits per heavy atom. The molecule has 0 radical (unpaired) electrons. The van der Waals surface area contributed by atoms with Gasteiger partial charge in [-0.3, -0.25) is 4.79 Å². The number of benzene rings is 1. The van der Waals surface area contributed by atoms with Crippen LogP contribution in [-0.4, -0.2) is 13.1 Å². The summed E-state index contributed by atoms with van der Waals surface area (Å²) in [4.78, 5) is 13.9. The Hall–Kier alpha value is -1.80. The summed E-state index contributed by atoms with van der Waals surface area (Å²) in [5.74, 6) is 0.0251. The van der Waals surface area contributed by atoms with Gasteiger partial charge in [-0.1, -0.05) is 0 Å². The van der Waals surface area contributed by atoms with Gasteiger partial charge in [0, 0.05) is 12.5 Å². The Morgan fingerprint density at radius 3 is 2.50 bits per heavy atom. The summed E-state index contributed by atoms with van der Waals surface area (Å²) in [5, 5.41) is 8.79. The molecule has 1 aromatic carbocycles. The molecule has 0 spiro atoms. The largest absolute Gasteiger partial charge is 1.00 e. The molecule has 0 bridgehead atoms. The zero-order chi connectivity index (χ0) is 11.4. The highest BCUT2D eigenvalue weighted by Gasteiger charge is 2.24. The van der Waals surface area contributed by atoms with E-state index in [2.05, 4.69) is 4.98 Å². The molecule has 86 valence electrons. The predicted molar refractivity (Wildman–Crippen MR) is 53.8 cm³/mol. The first-order valence-electron chi connectivity index (χ1n) is 4.31. The van der Waals surface area contributed by atoms with Gasteiger partial charge >= 0.3 is 11.7 Å². The van der Waals surface area contributed by atoms with Crippen LogP contribution >= 0.6 is 0 Å². The number of aryl methyl sites for hydroxylation is 1. The van der Waals surface area contributed by atoms with Gasteiger partial charge in [0.05, 0.1) is 7.11 Å². The van der Waals surface area contributed by atoms with E-state index in [0.717, 1.165) is 5.56 Å². The van der Waals surface area contributed by atoms with E-state index in [0.29, 0.717) is 0 Å². The first-order chi connectivity index (χ1) is 7.10. The van der Waals surface area contributed by atoms with E-state index in [-0.39, 0.29) is 29.6 Å². The highest BCUT2D eigenvalue weighted by Crippen LogP contribution is 2.39. The lowest BCUT2D eigenvalue weighted by Gasteiger charge is -2.05. The van der Waals surface area contributed by atoms with Gasteiger partial charge in [0.2, 0.25) is 5.39 Å². The molecule has 0 aliphatic rings. The maximum absolute atomic E-state index is 10.8. The quantitative estimate of drug-likeness (QED) is 0.395. The van der Waals surface area contributed by atoms with Gasteiger partial charge in [-0.25, -0.2) is 0 Å². The van der Waals surface area contributed by atoms with E-state index in [1.165, 1.54) is 14.0 Å². The molecule has 0 saturated carbocycles. The highest BCUT2D eigenvalue weighted by molar-refractivity contribution is 5.74. The van der Waals surface area contributed by atoms with Crippen LogP contribution in [0.2, 0.25) is 0 Å². The standard InChI is InChI=1S/C10H11N2O3.ClH/c1-6-4-5-8(15-7(2)13)10(14-3)9(6)12-11;/h4-5H,1-3H3;1H/q+1;/p-1. The monoisotopic (exact) mass is 242 g/mol. The summed E-state index contributed by atoms with van der Waals surface area (Å²) < 4.78 is 9.92. The van der Waals surface area contributed by atoms with Crippen LogP contribution in [0.25, 0.3) is 4.98 Å². The Bertz CT molecular complexity index is 440. The van der Waals surface area contributed by atoms with Crippen LogP contribution in [0.1, 0.15) is 12.5 Å². The van der Waals surface area contributed by atoms with Crippen LogP contribution < -0.4 is 21.9 Å². The molecule has 1 rings (SSSR count). The third-order valence-corrected chi connectivity index (χ3v) is 1.85. The Balaban J connectivity index is 0.00000225. The smallest absolute Gasteiger partial charge is 0.433 e. The first kappa shape index (κ1) is 14.2. The van der Waals surface area contributed by atoms with E-state index in [1.807, 2.05) is 0 Å². The minimum atomic E-state index is -0.457. The first-order valence-corrected chi connectivity index (χ1v) is 4.31. The summed E-state index contributed by atoms with van der Waals surface area (Å²) in [6.45, 7) is 3.05. The lowest BCUT2D eigenvalue weighted by Crippen LogP contribution is -3.00. The average Bonchev–Trinajstić information content (AvgIpc) is 2.19. The van der Waals surface area contributed by atoms with E-state index in [4.69, 9.17) is 14.9 Å². The fourth-order valence-electron chi connectivity index (χ4n) is 1.21. The normalized spacial score (nSPS) is 8.62. The van der Waals surface area contributed by atoms with Crippen molar-refractivity contribution >= 4 is 11.7 Å². The molecule has 6 heteroatoms. The Kier molecular flexibility index (Phi) is 5.26. The van der Waals surface area contributed by atoms with Crippen molar-refractivity contribution < 1.29 is 26.7 Å². The molecule has 0 aliphatic carbocycles. The lowest BCUT2D eigenvalue weighted by atomic mass is 10.2. The second-order valence-corrected chi connectivity index (χ2v) is 2.96. The van der Waals surface area contributed by atoms with Crippen LogP contribution in [0.5, 0.6) is 11.5 Å². The minimum absolute atomic E-state index is 0. The molecule has 1 aromatic rings. The SMILES string of the molecule is COc1c(OC(C)=O)ccc(C)c1[N+]#N.[Cl-]. The molecular formula is C10H11ClN2O3. The van der Waals surface area contributed by atoms with Crippen LogP contribution in [0, 0.1) is 12.3 Å². The van der Waals surface area contributed by atoms with Gasteiger partial charge in [0.15, 0.2) is 10.7 Å². The van der Waals surface area contributed by atoms with Gasteiger partial charge < -0.3 is 21.9 Å². The van der Waals surface area contributed by atoms with Crippen molar-refractivity contribution in [2.45, 2.75) is 13.8 Å². The molecular weight excluding hydrogens is 232 g/mol. The number of methoxy groups -OCH3 is 1. The molecule has 0 fully saturated rings. The van der Waals surface area contributed by atoms with Crippen LogP contribution in [0.15, 0.2) is 12.1 Å². The van der Waals surface area contributed by atoms with Crippen molar-refractivity contribution in [2.24, 2.45) is 0 Å². The molecule has 0 saturated heterocycles. The molecule has 0 unspecified atom stereocenters. The zero-order valence-electron chi connectivity index (χ0n) is 9.15. The van der Waals surface area contributed by atoms with Crippen molar-refractivity contribution in [3.63, 3.8) is 0 Å². The number of carbonyl (C=O) groups excluding carboxylic acids is 1. The maximum atomic E-state index is 10.8. The summed E-state index contributed by atoms with van der Waals surface area (Å²) in [6.07, 6.45) is 0. The molecule has 0 heterocycles. The van der Waals surface area contributed by atoms with Crippen LogP contribution in [0.3, 0.4) is 0 Å². The topological polar surface area (TPSA) is 63.7 Å². The minimum Gasteiger partial charge on any atom is -1.00 e. The van der Waals surface area contributed by atoms with Crippen LogP contribution in [0.4, 0.5) is 5.69 Å². The second-order valence-electron chi connectivity index (χ2n) is 2.96. The van der Waals surface area contributed by atoms with E-state index in [9.17, 15) is 4.79 Å². The van der Waals surface area contributed by atoms with Gasteiger partial charge in [-0.2, -0.15) is 0 Å². The third kappa shape index (κ3) is 2.84. The van der Waals surface area contributed by atoms with Crippen LogP contribution in [-0.2, 0) is 4.79 Å². The maximum Gasteiger partial charge on any atom is 0.433 e.